The van der Waals surface area contributed by atoms with Gasteiger partial charge in [0.15, 0.2) is 0 Å². The van der Waals surface area contributed by atoms with Gasteiger partial charge < -0.3 is 15.3 Å². The zero-order valence-corrected chi connectivity index (χ0v) is 8.95. The molecule has 0 radical (unpaired) electrons. The number of carboxylic acid groups (broad SMARTS) is 1. The van der Waals surface area contributed by atoms with Crippen molar-refractivity contribution in [1.82, 2.24) is 9.78 Å². The van der Waals surface area contributed by atoms with Crippen molar-refractivity contribution < 1.29 is 20.1 Å². The molecule has 6 heteroatoms. The van der Waals surface area contributed by atoms with Gasteiger partial charge in [-0.1, -0.05) is 0 Å². The first-order valence-electron chi connectivity index (χ1n) is 4.78. The van der Waals surface area contributed by atoms with E-state index in [-0.39, 0.29) is 22.8 Å². The number of aromatic hydroxyl groups is 2. The minimum absolute atomic E-state index is 0.00254. The average Bonchev–Trinajstić information content (AvgIpc) is 2.64. The van der Waals surface area contributed by atoms with Crippen molar-refractivity contribution >= 4 is 5.97 Å². The summed E-state index contributed by atoms with van der Waals surface area (Å²) in [5, 5.41) is 31.8. The van der Waals surface area contributed by atoms with Crippen LogP contribution in [0, 0.1) is 0 Å². The van der Waals surface area contributed by atoms with Gasteiger partial charge in [0.25, 0.3) is 0 Å². The summed E-state index contributed by atoms with van der Waals surface area (Å²) in [6.07, 6.45) is 0. The first-order chi connectivity index (χ1) is 7.99. The largest absolute Gasteiger partial charge is 0.508 e. The number of benzene rings is 1. The average molecular weight is 234 g/mol. The number of nitrogens with zero attached hydrogens (tertiary/aromatic N) is 2. The van der Waals surface area contributed by atoms with Crippen molar-refractivity contribution in [3.8, 4) is 22.8 Å². The molecule has 17 heavy (non-hydrogen) atoms. The highest BCUT2D eigenvalue weighted by Crippen LogP contribution is 2.31. The van der Waals surface area contributed by atoms with Gasteiger partial charge in [0.1, 0.15) is 17.2 Å². The van der Waals surface area contributed by atoms with Gasteiger partial charge in [-0.15, -0.1) is 0 Å². The van der Waals surface area contributed by atoms with Crippen LogP contribution < -0.4 is 0 Å². The maximum absolute atomic E-state index is 10.8. The van der Waals surface area contributed by atoms with Crippen molar-refractivity contribution in [3.05, 3.63) is 30.0 Å². The summed E-state index contributed by atoms with van der Waals surface area (Å²) >= 11 is 0. The summed E-state index contributed by atoms with van der Waals surface area (Å²) < 4.78 is 1.20. The number of aromatic carboxylic acids is 1. The van der Waals surface area contributed by atoms with Crippen LogP contribution >= 0.6 is 0 Å². The van der Waals surface area contributed by atoms with E-state index in [0.717, 1.165) is 0 Å². The van der Waals surface area contributed by atoms with Crippen molar-refractivity contribution in [2.75, 3.05) is 0 Å². The predicted octanol–water partition coefficient (Wildman–Crippen LogP) is 1.20. The number of carbonyl (C=O) groups is 1. The minimum atomic E-state index is -1.11. The predicted molar refractivity (Wildman–Crippen MR) is 58.9 cm³/mol. The van der Waals surface area contributed by atoms with Gasteiger partial charge in [0, 0.05) is 12.6 Å². The van der Waals surface area contributed by atoms with Gasteiger partial charge in [-0.05, 0) is 24.3 Å². The fourth-order valence-electron chi connectivity index (χ4n) is 1.53. The Hall–Kier alpha value is -2.50. The van der Waals surface area contributed by atoms with Crippen LogP contribution in [0.4, 0.5) is 0 Å². The van der Waals surface area contributed by atoms with Gasteiger partial charge in [-0.25, -0.2) is 4.79 Å². The summed E-state index contributed by atoms with van der Waals surface area (Å²) in [7, 11) is 1.49. The molecular formula is C11H10N2O4. The van der Waals surface area contributed by atoms with Crippen molar-refractivity contribution in [1.29, 1.82) is 0 Å². The Balaban J connectivity index is 2.57. The molecule has 0 spiro atoms. The van der Waals surface area contributed by atoms with Crippen LogP contribution in [-0.2, 0) is 7.05 Å². The third-order valence-corrected chi connectivity index (χ3v) is 2.36. The zero-order valence-electron chi connectivity index (χ0n) is 8.95. The fraction of sp³-hybridized carbons (Fsp3) is 0.0909. The van der Waals surface area contributed by atoms with Crippen molar-refractivity contribution in [2.24, 2.45) is 7.05 Å². The van der Waals surface area contributed by atoms with Gasteiger partial charge in [-0.2, -0.15) is 5.10 Å². The van der Waals surface area contributed by atoms with E-state index in [9.17, 15) is 15.0 Å². The molecule has 0 bridgehead atoms. The van der Waals surface area contributed by atoms with Crippen LogP contribution in [0.5, 0.6) is 11.5 Å². The first kappa shape index (κ1) is 11.0. The molecule has 0 unspecified atom stereocenters. The quantitative estimate of drug-likeness (QED) is 0.678. The standard InChI is InChI=1S/C11H10N2O4/c1-13-9(11(16)17)5-8(12-13)7-4-6(14)2-3-10(7)15/h2-5,14-15H,1H3,(H,16,17). The Morgan fingerprint density at radius 2 is 2.00 bits per heavy atom. The Kier molecular flexibility index (Phi) is 2.47. The Morgan fingerprint density at radius 3 is 2.59 bits per heavy atom. The SMILES string of the molecule is Cn1nc(-c2cc(O)ccc2O)cc1C(=O)O. The van der Waals surface area contributed by atoms with Crippen LogP contribution in [-0.4, -0.2) is 31.1 Å². The molecule has 0 saturated heterocycles. The number of phenolic OH excluding ortho intramolecular Hbond substituents is 2. The van der Waals surface area contributed by atoms with E-state index in [1.54, 1.807) is 0 Å². The Morgan fingerprint density at radius 1 is 1.29 bits per heavy atom. The van der Waals surface area contributed by atoms with E-state index < -0.39 is 5.97 Å². The van der Waals surface area contributed by atoms with Crippen LogP contribution in [0.15, 0.2) is 24.3 Å². The molecule has 1 aromatic carbocycles. The summed E-state index contributed by atoms with van der Waals surface area (Å²) in [4.78, 5) is 10.8. The highest BCUT2D eigenvalue weighted by molar-refractivity contribution is 5.87. The number of hydrogen-bond acceptors (Lipinski definition) is 4. The second-order valence-electron chi connectivity index (χ2n) is 3.55. The fourth-order valence-corrected chi connectivity index (χ4v) is 1.53. The molecule has 2 aromatic rings. The van der Waals surface area contributed by atoms with Crippen LogP contribution in [0.3, 0.4) is 0 Å². The molecule has 88 valence electrons. The molecule has 0 aliphatic rings. The lowest BCUT2D eigenvalue weighted by Crippen LogP contribution is -2.04. The molecule has 1 aromatic heterocycles. The molecule has 0 saturated carbocycles. The molecule has 0 atom stereocenters. The van der Waals surface area contributed by atoms with E-state index in [4.69, 9.17) is 5.11 Å². The first-order valence-corrected chi connectivity index (χ1v) is 4.78. The van der Waals surface area contributed by atoms with E-state index in [1.807, 2.05) is 0 Å². The molecule has 3 N–H and O–H groups in total. The Labute approximate surface area is 96.4 Å². The normalized spacial score (nSPS) is 10.4. The van der Waals surface area contributed by atoms with Crippen LogP contribution in [0.1, 0.15) is 10.5 Å². The van der Waals surface area contributed by atoms with Gasteiger partial charge in [0.05, 0.1) is 5.69 Å². The lowest BCUT2D eigenvalue weighted by molar-refractivity contribution is 0.0685. The third kappa shape index (κ3) is 1.92. The minimum Gasteiger partial charge on any atom is -0.508 e. The lowest BCUT2D eigenvalue weighted by atomic mass is 10.1. The summed E-state index contributed by atoms with van der Waals surface area (Å²) in [5.41, 5.74) is 0.578. The second-order valence-corrected chi connectivity index (χ2v) is 3.55. The molecular weight excluding hydrogens is 224 g/mol. The third-order valence-electron chi connectivity index (χ3n) is 2.36. The number of rotatable bonds is 2. The number of hydrogen-bond donors (Lipinski definition) is 3. The number of aryl methyl sites for hydroxylation is 1. The molecule has 0 fully saturated rings. The van der Waals surface area contributed by atoms with Crippen molar-refractivity contribution in [2.45, 2.75) is 0 Å². The zero-order chi connectivity index (χ0) is 12.6. The van der Waals surface area contributed by atoms with Gasteiger partial charge in [-0.3, -0.25) is 4.68 Å². The second kappa shape index (κ2) is 3.82. The molecule has 6 nitrogen and oxygen atoms in total. The van der Waals surface area contributed by atoms with Gasteiger partial charge >= 0.3 is 5.97 Å². The summed E-state index contributed by atoms with van der Waals surface area (Å²) in [5.74, 6) is -1.20. The van der Waals surface area contributed by atoms with E-state index >= 15 is 0 Å². The maximum atomic E-state index is 10.8. The highest BCUT2D eigenvalue weighted by atomic mass is 16.4. The number of phenols is 2. The summed E-state index contributed by atoms with van der Waals surface area (Å²) in [6.45, 7) is 0. The molecule has 1 heterocycles. The van der Waals surface area contributed by atoms with E-state index in [0.29, 0.717) is 5.69 Å². The monoisotopic (exact) mass is 234 g/mol. The van der Waals surface area contributed by atoms with Crippen molar-refractivity contribution in [3.63, 3.8) is 0 Å². The van der Waals surface area contributed by atoms with Crippen LogP contribution in [0.25, 0.3) is 11.3 Å². The molecule has 0 aliphatic carbocycles. The summed E-state index contributed by atoms with van der Waals surface area (Å²) in [6, 6.07) is 5.31. The van der Waals surface area contributed by atoms with E-state index in [1.165, 1.54) is 36.0 Å². The highest BCUT2D eigenvalue weighted by Gasteiger charge is 2.15. The maximum Gasteiger partial charge on any atom is 0.354 e. The molecule has 0 aliphatic heterocycles. The topological polar surface area (TPSA) is 95.6 Å². The number of aromatic nitrogens is 2. The molecule has 2 rings (SSSR count). The van der Waals surface area contributed by atoms with Crippen LogP contribution in [0.2, 0.25) is 0 Å². The Bertz CT molecular complexity index is 589. The lowest BCUT2D eigenvalue weighted by Gasteiger charge is -2.01. The van der Waals surface area contributed by atoms with Gasteiger partial charge in [0.2, 0.25) is 0 Å². The molecule has 0 amide bonds. The number of carboxylic acids is 1. The van der Waals surface area contributed by atoms with E-state index in [2.05, 4.69) is 5.10 Å². The smallest absolute Gasteiger partial charge is 0.354 e.